The summed E-state index contributed by atoms with van der Waals surface area (Å²) in [5, 5.41) is 8.54. The molecule has 3 aromatic rings. The Morgan fingerprint density at radius 3 is 2.70 bits per heavy atom. The standard InChI is InChI=1S/C19H21N3O/c1-15(17-9-6-10-19(12-17)23-2)11-18-14-22(21-20-18)13-16-7-4-3-5-8-16/h3-10,12,14-15H,11,13H2,1-2H3. The molecule has 0 fully saturated rings. The smallest absolute Gasteiger partial charge is 0.119 e. The summed E-state index contributed by atoms with van der Waals surface area (Å²) >= 11 is 0. The Balaban J connectivity index is 1.66. The fourth-order valence-electron chi connectivity index (χ4n) is 2.66. The van der Waals surface area contributed by atoms with Gasteiger partial charge in [0.25, 0.3) is 0 Å². The van der Waals surface area contributed by atoms with Crippen molar-refractivity contribution in [3.63, 3.8) is 0 Å². The van der Waals surface area contributed by atoms with E-state index in [-0.39, 0.29) is 0 Å². The molecule has 3 rings (SSSR count). The van der Waals surface area contributed by atoms with E-state index in [1.807, 2.05) is 41.2 Å². The zero-order valence-electron chi connectivity index (χ0n) is 13.5. The van der Waals surface area contributed by atoms with Crippen molar-refractivity contribution in [2.24, 2.45) is 0 Å². The highest BCUT2D eigenvalue weighted by molar-refractivity contribution is 5.31. The third-order valence-corrected chi connectivity index (χ3v) is 3.95. The topological polar surface area (TPSA) is 39.9 Å². The van der Waals surface area contributed by atoms with Crippen LogP contribution in [0.1, 0.15) is 29.7 Å². The highest BCUT2D eigenvalue weighted by atomic mass is 16.5. The highest BCUT2D eigenvalue weighted by Crippen LogP contribution is 2.23. The van der Waals surface area contributed by atoms with Crippen LogP contribution in [0, 0.1) is 0 Å². The van der Waals surface area contributed by atoms with Crippen molar-refractivity contribution in [2.45, 2.75) is 25.8 Å². The van der Waals surface area contributed by atoms with Gasteiger partial charge in [0, 0.05) is 6.20 Å². The SMILES string of the molecule is COc1cccc(C(C)Cc2cn(Cc3ccccc3)nn2)c1. The van der Waals surface area contributed by atoms with Crippen molar-refractivity contribution in [3.05, 3.63) is 77.6 Å². The number of hydrogen-bond donors (Lipinski definition) is 0. The molecule has 0 aliphatic carbocycles. The van der Waals surface area contributed by atoms with E-state index >= 15 is 0 Å². The van der Waals surface area contributed by atoms with E-state index in [2.05, 4.69) is 41.5 Å². The van der Waals surface area contributed by atoms with E-state index in [0.717, 1.165) is 24.4 Å². The average molecular weight is 307 g/mol. The Bertz CT molecular complexity index is 752. The molecule has 1 unspecified atom stereocenters. The van der Waals surface area contributed by atoms with Crippen molar-refractivity contribution >= 4 is 0 Å². The summed E-state index contributed by atoms with van der Waals surface area (Å²) in [4.78, 5) is 0. The molecular weight excluding hydrogens is 286 g/mol. The third-order valence-electron chi connectivity index (χ3n) is 3.95. The molecule has 0 N–H and O–H groups in total. The van der Waals surface area contributed by atoms with Crippen molar-refractivity contribution in [3.8, 4) is 5.75 Å². The first kappa shape index (κ1) is 15.3. The predicted octanol–water partition coefficient (Wildman–Crippen LogP) is 3.68. The van der Waals surface area contributed by atoms with E-state index in [0.29, 0.717) is 5.92 Å². The van der Waals surface area contributed by atoms with Gasteiger partial charge >= 0.3 is 0 Å². The fraction of sp³-hybridized carbons (Fsp3) is 0.263. The van der Waals surface area contributed by atoms with Crippen LogP contribution in [0.4, 0.5) is 0 Å². The highest BCUT2D eigenvalue weighted by Gasteiger charge is 2.10. The van der Waals surface area contributed by atoms with E-state index < -0.39 is 0 Å². The zero-order chi connectivity index (χ0) is 16.1. The van der Waals surface area contributed by atoms with Crippen LogP contribution in [0.3, 0.4) is 0 Å². The molecule has 0 aliphatic rings. The normalized spacial score (nSPS) is 12.1. The average Bonchev–Trinajstić information content (AvgIpc) is 3.02. The van der Waals surface area contributed by atoms with E-state index in [4.69, 9.17) is 4.74 Å². The summed E-state index contributed by atoms with van der Waals surface area (Å²) in [6, 6.07) is 18.5. The first-order chi connectivity index (χ1) is 11.2. The molecule has 0 aliphatic heterocycles. The number of benzene rings is 2. The molecule has 2 aromatic carbocycles. The van der Waals surface area contributed by atoms with Crippen molar-refractivity contribution < 1.29 is 4.74 Å². The summed E-state index contributed by atoms with van der Waals surface area (Å²) in [5.74, 6) is 1.26. The van der Waals surface area contributed by atoms with Crippen molar-refractivity contribution in [1.82, 2.24) is 15.0 Å². The molecule has 0 radical (unpaired) electrons. The lowest BCUT2D eigenvalue weighted by Gasteiger charge is -2.11. The molecular formula is C19H21N3O. The van der Waals surface area contributed by atoms with Crippen LogP contribution in [0.15, 0.2) is 60.8 Å². The lowest BCUT2D eigenvalue weighted by molar-refractivity contribution is 0.414. The van der Waals surface area contributed by atoms with E-state index in [1.165, 1.54) is 11.1 Å². The molecule has 1 heterocycles. The summed E-state index contributed by atoms with van der Waals surface area (Å²) in [6.45, 7) is 2.95. The Morgan fingerprint density at radius 1 is 1.09 bits per heavy atom. The van der Waals surface area contributed by atoms with Gasteiger partial charge in [-0.3, -0.25) is 0 Å². The number of aromatic nitrogens is 3. The van der Waals surface area contributed by atoms with Gasteiger partial charge in [0.05, 0.1) is 19.3 Å². The van der Waals surface area contributed by atoms with Gasteiger partial charge < -0.3 is 4.74 Å². The quantitative estimate of drug-likeness (QED) is 0.697. The van der Waals surface area contributed by atoms with E-state index in [1.54, 1.807) is 7.11 Å². The molecule has 1 aromatic heterocycles. The number of hydrogen-bond acceptors (Lipinski definition) is 3. The maximum atomic E-state index is 5.29. The number of rotatable bonds is 6. The minimum absolute atomic E-state index is 0.368. The Kier molecular flexibility index (Phi) is 4.71. The van der Waals surface area contributed by atoms with Gasteiger partial charge in [-0.15, -0.1) is 5.10 Å². The molecule has 4 nitrogen and oxygen atoms in total. The minimum atomic E-state index is 0.368. The molecule has 0 saturated heterocycles. The minimum Gasteiger partial charge on any atom is -0.497 e. The van der Waals surface area contributed by atoms with Crippen LogP contribution in [0.2, 0.25) is 0 Å². The van der Waals surface area contributed by atoms with Crippen LogP contribution < -0.4 is 4.74 Å². The van der Waals surface area contributed by atoms with Gasteiger partial charge in [0.15, 0.2) is 0 Å². The first-order valence-corrected chi connectivity index (χ1v) is 7.81. The fourth-order valence-corrected chi connectivity index (χ4v) is 2.66. The maximum Gasteiger partial charge on any atom is 0.119 e. The Labute approximate surface area is 136 Å². The van der Waals surface area contributed by atoms with Crippen LogP contribution in [-0.4, -0.2) is 22.1 Å². The lowest BCUT2D eigenvalue weighted by atomic mass is 9.96. The van der Waals surface area contributed by atoms with Crippen molar-refractivity contribution in [1.29, 1.82) is 0 Å². The van der Waals surface area contributed by atoms with Crippen molar-refractivity contribution in [2.75, 3.05) is 7.11 Å². The van der Waals surface area contributed by atoms with Gasteiger partial charge in [-0.2, -0.15) is 0 Å². The molecule has 4 heteroatoms. The van der Waals surface area contributed by atoms with Gasteiger partial charge in [-0.05, 0) is 35.6 Å². The molecule has 118 valence electrons. The van der Waals surface area contributed by atoms with Crippen LogP contribution in [-0.2, 0) is 13.0 Å². The molecule has 0 bridgehead atoms. The maximum absolute atomic E-state index is 5.29. The number of ether oxygens (including phenoxy) is 1. The van der Waals surface area contributed by atoms with Gasteiger partial charge in [-0.1, -0.05) is 54.6 Å². The summed E-state index contributed by atoms with van der Waals surface area (Å²) in [6.07, 6.45) is 2.89. The molecule has 0 saturated carbocycles. The summed E-state index contributed by atoms with van der Waals surface area (Å²) in [7, 11) is 1.69. The monoisotopic (exact) mass is 307 g/mol. The third kappa shape index (κ3) is 3.97. The lowest BCUT2D eigenvalue weighted by Crippen LogP contribution is -2.00. The zero-order valence-corrected chi connectivity index (χ0v) is 13.5. The second-order valence-corrected chi connectivity index (χ2v) is 5.77. The Hall–Kier alpha value is -2.62. The largest absolute Gasteiger partial charge is 0.497 e. The number of methoxy groups -OCH3 is 1. The van der Waals surface area contributed by atoms with Gasteiger partial charge in [0.1, 0.15) is 5.75 Å². The Morgan fingerprint density at radius 2 is 1.91 bits per heavy atom. The first-order valence-electron chi connectivity index (χ1n) is 7.81. The number of nitrogens with zero attached hydrogens (tertiary/aromatic N) is 3. The summed E-state index contributed by atoms with van der Waals surface area (Å²) in [5.41, 5.74) is 3.49. The van der Waals surface area contributed by atoms with Crippen LogP contribution >= 0.6 is 0 Å². The van der Waals surface area contributed by atoms with Gasteiger partial charge in [0.2, 0.25) is 0 Å². The second-order valence-electron chi connectivity index (χ2n) is 5.77. The van der Waals surface area contributed by atoms with Gasteiger partial charge in [-0.25, -0.2) is 4.68 Å². The van der Waals surface area contributed by atoms with Crippen LogP contribution in [0.25, 0.3) is 0 Å². The molecule has 0 spiro atoms. The summed E-state index contributed by atoms with van der Waals surface area (Å²) < 4.78 is 7.19. The van der Waals surface area contributed by atoms with E-state index in [9.17, 15) is 0 Å². The molecule has 1 atom stereocenters. The van der Waals surface area contributed by atoms with Crippen LogP contribution in [0.5, 0.6) is 5.75 Å². The molecule has 23 heavy (non-hydrogen) atoms. The second kappa shape index (κ2) is 7.09. The predicted molar refractivity (Wildman–Crippen MR) is 90.7 cm³/mol. The molecule has 0 amide bonds.